The number of hydrogen-bond donors (Lipinski definition) is 2. The molecule has 0 unspecified atom stereocenters. The summed E-state index contributed by atoms with van der Waals surface area (Å²) < 4.78 is 12.2. The zero-order valence-corrected chi connectivity index (χ0v) is 17.1. The average molecular weight is 377 g/mol. The Hall–Kier alpha value is -0.420. The van der Waals surface area contributed by atoms with Gasteiger partial charge in [-0.1, -0.05) is 25.5 Å². The highest BCUT2D eigenvalue weighted by atomic mass is 16.7. The molecule has 0 aromatic heterocycles. The molecule has 8 atom stereocenters. The van der Waals surface area contributed by atoms with Gasteiger partial charge in [0.25, 0.3) is 0 Å². The van der Waals surface area contributed by atoms with Crippen molar-refractivity contribution in [1.29, 1.82) is 0 Å². The minimum absolute atomic E-state index is 0.0608. The predicted octanol–water partition coefficient (Wildman–Crippen LogP) is 3.66. The summed E-state index contributed by atoms with van der Waals surface area (Å²) in [5.41, 5.74) is 1.55. The highest BCUT2D eigenvalue weighted by molar-refractivity contribution is 5.26. The van der Waals surface area contributed by atoms with Crippen molar-refractivity contribution in [3.63, 3.8) is 0 Å². The fourth-order valence-electron chi connectivity index (χ4n) is 8.37. The summed E-state index contributed by atoms with van der Waals surface area (Å²) in [6.45, 7) is 8.27. The van der Waals surface area contributed by atoms with E-state index in [0.29, 0.717) is 36.9 Å². The van der Waals surface area contributed by atoms with E-state index < -0.39 is 5.79 Å². The largest absolute Gasteiger partial charge is 0.393 e. The lowest BCUT2D eigenvalue weighted by molar-refractivity contribution is -0.223. The number of aliphatic hydroxyl groups is 2. The van der Waals surface area contributed by atoms with Crippen molar-refractivity contribution in [2.45, 2.75) is 83.7 Å². The lowest BCUT2D eigenvalue weighted by Gasteiger charge is -2.60. The maximum absolute atomic E-state index is 11.5. The standard InChI is InChI=1S/C23H36O4/c1-21-9-8-15(24)12-14(21)4-5-16-17-6-7-19(23(3)26-10-11-27-23)22(17,2)13-18(25)20(16)21/h4,15-20,24-25H,5-13H2,1-3H3/t15-,16+,17+,18+,19+,20-,21-,22+/m0/s1. The van der Waals surface area contributed by atoms with Gasteiger partial charge < -0.3 is 19.7 Å². The molecule has 0 spiro atoms. The van der Waals surface area contributed by atoms with Crippen molar-refractivity contribution >= 4 is 0 Å². The molecule has 0 radical (unpaired) electrons. The van der Waals surface area contributed by atoms with Gasteiger partial charge in [0.05, 0.1) is 25.4 Å². The van der Waals surface area contributed by atoms with Crippen LogP contribution in [-0.2, 0) is 9.47 Å². The van der Waals surface area contributed by atoms with Crippen LogP contribution in [0.3, 0.4) is 0 Å². The lowest BCUT2D eigenvalue weighted by Crippen LogP contribution is -2.58. The van der Waals surface area contributed by atoms with E-state index in [1.165, 1.54) is 12.0 Å². The van der Waals surface area contributed by atoms with Crippen LogP contribution in [0, 0.1) is 34.5 Å². The minimum Gasteiger partial charge on any atom is -0.393 e. The zero-order valence-electron chi connectivity index (χ0n) is 17.1. The topological polar surface area (TPSA) is 58.9 Å². The SMILES string of the molecule is CC1([C@@H]2CC[C@@H]3[C@H]4CC=C5C[C@@H](O)CC[C@]5(C)[C@@H]4[C@H](O)C[C@]32C)OCCO1. The molecule has 1 saturated heterocycles. The second kappa shape index (κ2) is 6.04. The molecule has 152 valence electrons. The maximum atomic E-state index is 11.5. The molecule has 3 saturated carbocycles. The number of hydrogen-bond acceptors (Lipinski definition) is 4. The van der Waals surface area contributed by atoms with Crippen molar-refractivity contribution in [2.24, 2.45) is 34.5 Å². The third kappa shape index (κ3) is 2.49. The Labute approximate surface area is 163 Å². The molecule has 4 heteroatoms. The third-order valence-corrected chi connectivity index (χ3v) is 9.50. The number of rotatable bonds is 1. The van der Waals surface area contributed by atoms with Crippen molar-refractivity contribution in [1.82, 2.24) is 0 Å². The van der Waals surface area contributed by atoms with Crippen molar-refractivity contribution in [3.8, 4) is 0 Å². The fourth-order valence-corrected chi connectivity index (χ4v) is 8.37. The Morgan fingerprint density at radius 2 is 1.78 bits per heavy atom. The summed E-state index contributed by atoms with van der Waals surface area (Å²) in [4.78, 5) is 0. The number of fused-ring (bicyclic) bond motifs is 5. The van der Waals surface area contributed by atoms with Gasteiger partial charge in [0.2, 0.25) is 0 Å². The third-order valence-electron chi connectivity index (χ3n) is 9.50. The predicted molar refractivity (Wildman–Crippen MR) is 103 cm³/mol. The van der Waals surface area contributed by atoms with E-state index in [-0.39, 0.29) is 23.0 Å². The molecular weight excluding hydrogens is 340 g/mol. The van der Waals surface area contributed by atoms with E-state index in [1.54, 1.807) is 0 Å². The van der Waals surface area contributed by atoms with Crippen LogP contribution in [0.2, 0.25) is 0 Å². The first-order valence-electron chi connectivity index (χ1n) is 11.1. The van der Waals surface area contributed by atoms with Crippen molar-refractivity contribution in [3.05, 3.63) is 11.6 Å². The van der Waals surface area contributed by atoms with Gasteiger partial charge in [-0.2, -0.15) is 0 Å². The van der Waals surface area contributed by atoms with Gasteiger partial charge in [-0.3, -0.25) is 0 Å². The van der Waals surface area contributed by atoms with E-state index in [4.69, 9.17) is 9.47 Å². The maximum Gasteiger partial charge on any atom is 0.169 e. The van der Waals surface area contributed by atoms with Crippen LogP contribution < -0.4 is 0 Å². The van der Waals surface area contributed by atoms with Crippen LogP contribution in [-0.4, -0.2) is 41.4 Å². The summed E-state index contributed by atoms with van der Waals surface area (Å²) >= 11 is 0. The van der Waals surface area contributed by atoms with Crippen LogP contribution in [0.1, 0.15) is 65.7 Å². The first kappa shape index (κ1) is 18.6. The van der Waals surface area contributed by atoms with Crippen molar-refractivity contribution < 1.29 is 19.7 Å². The Morgan fingerprint density at radius 3 is 2.52 bits per heavy atom. The first-order valence-corrected chi connectivity index (χ1v) is 11.1. The summed E-state index contributed by atoms with van der Waals surface area (Å²) in [6.07, 6.45) is 8.92. The van der Waals surface area contributed by atoms with Crippen LogP contribution in [0.25, 0.3) is 0 Å². The average Bonchev–Trinajstić information content (AvgIpc) is 3.19. The zero-order chi connectivity index (χ0) is 19.0. The molecule has 0 aromatic rings. The monoisotopic (exact) mass is 376 g/mol. The van der Waals surface area contributed by atoms with Crippen LogP contribution in [0.4, 0.5) is 0 Å². The van der Waals surface area contributed by atoms with E-state index in [2.05, 4.69) is 26.8 Å². The second-order valence-electron chi connectivity index (χ2n) is 10.7. The smallest absolute Gasteiger partial charge is 0.169 e. The first-order chi connectivity index (χ1) is 12.8. The molecule has 0 aromatic carbocycles. The van der Waals surface area contributed by atoms with Crippen LogP contribution in [0.5, 0.6) is 0 Å². The molecule has 4 aliphatic carbocycles. The van der Waals surface area contributed by atoms with Gasteiger partial charge in [0.1, 0.15) is 0 Å². The van der Waals surface area contributed by atoms with E-state index in [0.717, 1.165) is 38.5 Å². The van der Waals surface area contributed by atoms with Gasteiger partial charge in [-0.05, 0) is 80.5 Å². The Balaban J connectivity index is 1.49. The summed E-state index contributed by atoms with van der Waals surface area (Å²) in [7, 11) is 0. The summed E-state index contributed by atoms with van der Waals surface area (Å²) in [5.74, 6) is 1.38. The normalized spacial score (nSPS) is 54.0. The Bertz CT molecular complexity index is 638. The Kier molecular flexibility index (Phi) is 4.16. The molecule has 0 amide bonds. The highest BCUT2D eigenvalue weighted by Crippen LogP contribution is 2.68. The molecule has 2 N–H and O–H groups in total. The van der Waals surface area contributed by atoms with Crippen LogP contribution >= 0.6 is 0 Å². The summed E-state index contributed by atoms with van der Waals surface area (Å²) in [6, 6.07) is 0. The number of ether oxygens (including phenoxy) is 2. The van der Waals surface area contributed by atoms with Crippen LogP contribution in [0.15, 0.2) is 11.6 Å². The van der Waals surface area contributed by atoms with Crippen molar-refractivity contribution in [2.75, 3.05) is 13.2 Å². The van der Waals surface area contributed by atoms with Gasteiger partial charge in [-0.25, -0.2) is 0 Å². The lowest BCUT2D eigenvalue weighted by atomic mass is 9.46. The molecule has 4 nitrogen and oxygen atoms in total. The Morgan fingerprint density at radius 1 is 1.04 bits per heavy atom. The van der Waals surface area contributed by atoms with E-state index in [1.807, 2.05) is 0 Å². The highest BCUT2D eigenvalue weighted by Gasteiger charge is 2.65. The molecule has 5 aliphatic rings. The number of aliphatic hydroxyl groups excluding tert-OH is 2. The molecule has 27 heavy (non-hydrogen) atoms. The van der Waals surface area contributed by atoms with Gasteiger partial charge in [0.15, 0.2) is 5.79 Å². The molecule has 1 heterocycles. The minimum atomic E-state index is -0.482. The van der Waals surface area contributed by atoms with Gasteiger partial charge >= 0.3 is 0 Å². The fraction of sp³-hybridized carbons (Fsp3) is 0.913. The number of allylic oxidation sites excluding steroid dienone is 1. The summed E-state index contributed by atoms with van der Waals surface area (Å²) in [5, 5.41) is 21.6. The molecule has 4 fully saturated rings. The molecular formula is C23H36O4. The van der Waals surface area contributed by atoms with E-state index in [9.17, 15) is 10.2 Å². The molecule has 0 bridgehead atoms. The molecule has 5 rings (SSSR count). The van der Waals surface area contributed by atoms with Gasteiger partial charge in [0, 0.05) is 5.92 Å². The quantitative estimate of drug-likeness (QED) is 0.686. The molecule has 1 aliphatic heterocycles. The second-order valence-corrected chi connectivity index (χ2v) is 10.7. The van der Waals surface area contributed by atoms with Gasteiger partial charge in [-0.15, -0.1) is 0 Å². The van der Waals surface area contributed by atoms with E-state index >= 15 is 0 Å².